The maximum atomic E-state index is 11.9. The lowest BCUT2D eigenvalue weighted by Crippen LogP contribution is -2.46. The minimum atomic E-state index is -0.922. The molecule has 1 aliphatic rings. The molecule has 0 saturated carbocycles. The highest BCUT2D eigenvalue weighted by Gasteiger charge is 2.33. The first-order chi connectivity index (χ1) is 8.99. The second kappa shape index (κ2) is 5.57. The highest BCUT2D eigenvalue weighted by Crippen LogP contribution is 2.33. The maximum Gasteiger partial charge on any atom is 0.312 e. The second-order valence-electron chi connectivity index (χ2n) is 4.96. The Morgan fingerprint density at radius 1 is 1.42 bits per heavy atom. The zero-order chi connectivity index (χ0) is 14.0. The fourth-order valence-corrected chi connectivity index (χ4v) is 2.66. The molecule has 2 N–H and O–H groups in total. The molecular formula is C13H16ClN3O2. The van der Waals surface area contributed by atoms with Crippen molar-refractivity contribution in [1.29, 1.82) is 0 Å². The summed E-state index contributed by atoms with van der Waals surface area (Å²) in [7, 11) is 0. The van der Waals surface area contributed by atoms with Gasteiger partial charge in [-0.2, -0.15) is 0 Å². The van der Waals surface area contributed by atoms with Crippen molar-refractivity contribution in [2.24, 2.45) is 11.7 Å². The van der Waals surface area contributed by atoms with Gasteiger partial charge in [0.25, 0.3) is 0 Å². The van der Waals surface area contributed by atoms with Crippen LogP contribution in [0.15, 0.2) is 18.5 Å². The largest absolute Gasteiger partial charge is 0.361 e. The number of halogens is 1. The van der Waals surface area contributed by atoms with Crippen molar-refractivity contribution in [1.82, 2.24) is 9.88 Å². The summed E-state index contributed by atoms with van der Waals surface area (Å²) in [6, 6.07) is 1.60. The normalized spacial score (nSPS) is 23.2. The van der Waals surface area contributed by atoms with Gasteiger partial charge in [0.05, 0.1) is 11.1 Å². The number of likely N-dealkylation sites (tertiary alicyclic amines) is 1. The number of amides is 2. The lowest BCUT2D eigenvalue weighted by Gasteiger charge is -2.38. The van der Waals surface area contributed by atoms with E-state index >= 15 is 0 Å². The SMILES string of the molecule is C[C@H]1CC[C@H](c2cncc(Cl)c2)N(C(=O)C(N)=O)C1. The fourth-order valence-electron chi connectivity index (χ4n) is 2.48. The Labute approximate surface area is 116 Å². The Morgan fingerprint density at radius 2 is 2.16 bits per heavy atom. The van der Waals surface area contributed by atoms with E-state index in [1.54, 1.807) is 12.3 Å². The van der Waals surface area contributed by atoms with Crippen LogP contribution < -0.4 is 5.73 Å². The molecule has 2 atom stereocenters. The summed E-state index contributed by atoms with van der Waals surface area (Å²) in [6.07, 6.45) is 4.98. The van der Waals surface area contributed by atoms with Crippen molar-refractivity contribution < 1.29 is 9.59 Å². The molecule has 19 heavy (non-hydrogen) atoms. The summed E-state index contributed by atoms with van der Waals surface area (Å²) >= 11 is 5.92. The van der Waals surface area contributed by atoms with Crippen LogP contribution in [0.5, 0.6) is 0 Å². The summed E-state index contributed by atoms with van der Waals surface area (Å²) in [5.41, 5.74) is 5.95. The molecule has 5 nitrogen and oxygen atoms in total. The number of primary amides is 1. The summed E-state index contributed by atoms with van der Waals surface area (Å²) < 4.78 is 0. The Morgan fingerprint density at radius 3 is 2.79 bits per heavy atom. The number of carbonyl (C=O) groups excluding carboxylic acids is 2. The molecular weight excluding hydrogens is 266 g/mol. The van der Waals surface area contributed by atoms with Crippen LogP contribution in [0.1, 0.15) is 31.4 Å². The third-order valence-corrected chi connectivity index (χ3v) is 3.61. The number of nitrogens with zero attached hydrogens (tertiary/aromatic N) is 2. The quantitative estimate of drug-likeness (QED) is 0.793. The summed E-state index contributed by atoms with van der Waals surface area (Å²) in [5.74, 6) is -1.21. The van der Waals surface area contributed by atoms with Crippen molar-refractivity contribution in [2.75, 3.05) is 6.54 Å². The zero-order valence-electron chi connectivity index (χ0n) is 10.7. The van der Waals surface area contributed by atoms with Crippen molar-refractivity contribution in [3.63, 3.8) is 0 Å². The van der Waals surface area contributed by atoms with Gasteiger partial charge >= 0.3 is 11.8 Å². The second-order valence-corrected chi connectivity index (χ2v) is 5.39. The van der Waals surface area contributed by atoms with E-state index < -0.39 is 11.8 Å². The van der Waals surface area contributed by atoms with E-state index in [1.807, 2.05) is 6.92 Å². The zero-order valence-corrected chi connectivity index (χ0v) is 11.4. The Hall–Kier alpha value is -1.62. The molecule has 0 radical (unpaired) electrons. The van der Waals surface area contributed by atoms with Gasteiger partial charge in [0, 0.05) is 18.9 Å². The van der Waals surface area contributed by atoms with Crippen molar-refractivity contribution in [2.45, 2.75) is 25.8 Å². The third-order valence-electron chi connectivity index (χ3n) is 3.40. The third kappa shape index (κ3) is 3.04. The first kappa shape index (κ1) is 13.8. The lowest BCUT2D eigenvalue weighted by atomic mass is 9.90. The molecule has 6 heteroatoms. The Bertz CT molecular complexity index is 506. The van der Waals surface area contributed by atoms with Gasteiger partial charge in [-0.05, 0) is 30.4 Å². The molecule has 1 fully saturated rings. The molecule has 0 bridgehead atoms. The molecule has 2 heterocycles. The molecule has 0 unspecified atom stereocenters. The van der Waals surface area contributed by atoms with E-state index in [-0.39, 0.29) is 6.04 Å². The van der Waals surface area contributed by atoms with Crippen molar-refractivity contribution in [3.05, 3.63) is 29.0 Å². The molecule has 1 aromatic heterocycles. The fraction of sp³-hybridized carbons (Fsp3) is 0.462. The van der Waals surface area contributed by atoms with E-state index in [0.29, 0.717) is 17.5 Å². The Balaban J connectivity index is 2.30. The summed E-state index contributed by atoms with van der Waals surface area (Å²) in [5, 5.41) is 0.516. The number of nitrogens with two attached hydrogens (primary N) is 1. The molecule has 1 aromatic rings. The minimum absolute atomic E-state index is 0.178. The molecule has 1 saturated heterocycles. The van der Waals surface area contributed by atoms with E-state index in [4.69, 9.17) is 17.3 Å². The average Bonchev–Trinajstić information content (AvgIpc) is 2.37. The van der Waals surface area contributed by atoms with E-state index in [0.717, 1.165) is 18.4 Å². The predicted molar refractivity (Wildman–Crippen MR) is 71.3 cm³/mol. The number of piperidine rings is 1. The number of aromatic nitrogens is 1. The molecule has 0 aromatic carbocycles. The number of hydrogen-bond donors (Lipinski definition) is 1. The van der Waals surface area contributed by atoms with Crippen LogP contribution in [0.2, 0.25) is 5.02 Å². The van der Waals surface area contributed by atoms with Crippen LogP contribution in [-0.4, -0.2) is 28.2 Å². The number of hydrogen-bond acceptors (Lipinski definition) is 3. The highest BCUT2D eigenvalue weighted by molar-refractivity contribution is 6.34. The first-order valence-electron chi connectivity index (χ1n) is 6.20. The van der Waals surface area contributed by atoms with Gasteiger partial charge in [-0.3, -0.25) is 14.6 Å². The molecule has 2 rings (SSSR count). The molecule has 0 aliphatic carbocycles. The predicted octanol–water partition coefficient (Wildman–Crippen LogP) is 1.52. The van der Waals surface area contributed by atoms with Gasteiger partial charge in [-0.15, -0.1) is 0 Å². The number of carbonyl (C=O) groups is 2. The maximum absolute atomic E-state index is 11.9. The van der Waals surface area contributed by atoms with Crippen molar-refractivity contribution in [3.8, 4) is 0 Å². The van der Waals surface area contributed by atoms with Crippen LogP contribution in [0.3, 0.4) is 0 Å². The summed E-state index contributed by atoms with van der Waals surface area (Å²) in [4.78, 5) is 28.6. The van der Waals surface area contributed by atoms with Crippen LogP contribution in [0.25, 0.3) is 0 Å². The standard InChI is InChI=1S/C13H16ClN3O2/c1-8-2-3-11(9-4-10(14)6-16-5-9)17(7-8)13(19)12(15)18/h4-6,8,11H,2-3,7H2,1H3,(H2,15,18)/t8-,11+/m0/s1. The molecule has 102 valence electrons. The van der Waals surface area contributed by atoms with Gasteiger partial charge in [0.2, 0.25) is 0 Å². The van der Waals surface area contributed by atoms with Crippen molar-refractivity contribution >= 4 is 23.4 Å². The topological polar surface area (TPSA) is 76.3 Å². The van der Waals surface area contributed by atoms with Gasteiger partial charge in [-0.1, -0.05) is 18.5 Å². The van der Waals surface area contributed by atoms with Crippen LogP contribution in [0.4, 0.5) is 0 Å². The van der Waals surface area contributed by atoms with Gasteiger partial charge in [0.15, 0.2) is 0 Å². The van der Waals surface area contributed by atoms with Gasteiger partial charge in [-0.25, -0.2) is 0 Å². The van der Waals surface area contributed by atoms with Crippen LogP contribution in [0, 0.1) is 5.92 Å². The monoisotopic (exact) mass is 281 g/mol. The minimum Gasteiger partial charge on any atom is -0.361 e. The molecule has 2 amide bonds. The number of pyridine rings is 1. The summed E-state index contributed by atoms with van der Waals surface area (Å²) in [6.45, 7) is 2.58. The first-order valence-corrected chi connectivity index (χ1v) is 6.57. The van der Waals surface area contributed by atoms with E-state index in [1.165, 1.54) is 11.1 Å². The van der Waals surface area contributed by atoms with Gasteiger partial charge < -0.3 is 10.6 Å². The van der Waals surface area contributed by atoms with Crippen LogP contribution in [-0.2, 0) is 9.59 Å². The van der Waals surface area contributed by atoms with E-state index in [9.17, 15) is 9.59 Å². The molecule has 0 spiro atoms. The van der Waals surface area contributed by atoms with Gasteiger partial charge in [0.1, 0.15) is 0 Å². The highest BCUT2D eigenvalue weighted by atomic mass is 35.5. The number of rotatable bonds is 1. The van der Waals surface area contributed by atoms with E-state index in [2.05, 4.69) is 4.98 Å². The Kier molecular flexibility index (Phi) is 4.04. The smallest absolute Gasteiger partial charge is 0.312 e. The molecule has 1 aliphatic heterocycles. The van der Waals surface area contributed by atoms with Crippen LogP contribution >= 0.6 is 11.6 Å². The lowest BCUT2D eigenvalue weighted by molar-refractivity contribution is -0.147. The average molecular weight is 282 g/mol.